The molecule has 0 aliphatic rings. The van der Waals surface area contributed by atoms with Crippen molar-refractivity contribution in [2.45, 2.75) is 19.8 Å². The van der Waals surface area contributed by atoms with E-state index in [9.17, 15) is 4.79 Å². The van der Waals surface area contributed by atoms with E-state index in [0.29, 0.717) is 24.6 Å². The summed E-state index contributed by atoms with van der Waals surface area (Å²) in [6, 6.07) is 14.1. The number of hydrogen-bond acceptors (Lipinski definition) is 3. The molecule has 23 heavy (non-hydrogen) atoms. The molecule has 0 saturated carbocycles. The molecule has 2 aromatic rings. The number of amides is 1. The summed E-state index contributed by atoms with van der Waals surface area (Å²) in [4.78, 5) is 11.7. The molecule has 122 valence electrons. The van der Waals surface area contributed by atoms with E-state index in [-0.39, 0.29) is 0 Å². The first kappa shape index (κ1) is 17.0. The van der Waals surface area contributed by atoms with Gasteiger partial charge in [0.1, 0.15) is 0 Å². The summed E-state index contributed by atoms with van der Waals surface area (Å²) in [5.41, 5.74) is 10.1. The Balaban J connectivity index is 2.29. The second-order valence-electron chi connectivity index (χ2n) is 5.82. The van der Waals surface area contributed by atoms with Crippen LogP contribution in [0.25, 0.3) is 11.1 Å². The maximum atomic E-state index is 11.7. The average Bonchev–Trinajstić information content (AvgIpc) is 2.55. The number of methoxy groups -OCH3 is 1. The van der Waals surface area contributed by atoms with Crippen molar-refractivity contribution in [2.24, 2.45) is 5.73 Å². The number of hydrogen-bond donors (Lipinski definition) is 2. The number of nitrogens with one attached hydrogen (secondary N) is 1. The van der Waals surface area contributed by atoms with Gasteiger partial charge in [-0.25, -0.2) is 0 Å². The minimum absolute atomic E-state index is 0.439. The molecular formula is C19H24N2O2. The summed E-state index contributed by atoms with van der Waals surface area (Å²) in [5.74, 6) is 0.0585. The summed E-state index contributed by atoms with van der Waals surface area (Å²) in [6.07, 6.45) is 0. The van der Waals surface area contributed by atoms with Crippen molar-refractivity contribution in [3.05, 3.63) is 53.6 Å². The largest absolute Gasteiger partial charge is 0.383 e. The smallest absolute Gasteiger partial charge is 0.250 e. The molecule has 0 radical (unpaired) electrons. The van der Waals surface area contributed by atoms with Crippen molar-refractivity contribution in [1.29, 1.82) is 0 Å². The molecule has 0 aromatic heterocycles. The van der Waals surface area contributed by atoms with Gasteiger partial charge in [0.25, 0.3) is 5.91 Å². The molecule has 4 nitrogen and oxygen atoms in total. The molecule has 0 unspecified atom stereocenters. The molecule has 2 aromatic carbocycles. The van der Waals surface area contributed by atoms with Gasteiger partial charge in [0.2, 0.25) is 0 Å². The van der Waals surface area contributed by atoms with Crippen LogP contribution in [-0.4, -0.2) is 26.2 Å². The molecular weight excluding hydrogens is 288 g/mol. The van der Waals surface area contributed by atoms with Crippen LogP contribution in [0, 0.1) is 0 Å². The van der Waals surface area contributed by atoms with E-state index >= 15 is 0 Å². The van der Waals surface area contributed by atoms with Crippen LogP contribution < -0.4 is 11.1 Å². The van der Waals surface area contributed by atoms with E-state index in [0.717, 1.165) is 16.8 Å². The summed E-state index contributed by atoms with van der Waals surface area (Å²) in [7, 11) is 1.64. The van der Waals surface area contributed by atoms with Gasteiger partial charge in [-0.15, -0.1) is 0 Å². The third-order valence-electron chi connectivity index (χ3n) is 3.82. The molecule has 0 spiro atoms. The van der Waals surface area contributed by atoms with E-state index in [2.05, 4.69) is 43.4 Å². The maximum absolute atomic E-state index is 11.7. The van der Waals surface area contributed by atoms with Crippen molar-refractivity contribution in [3.63, 3.8) is 0 Å². The van der Waals surface area contributed by atoms with Crippen LogP contribution in [0.15, 0.2) is 42.5 Å². The van der Waals surface area contributed by atoms with Crippen molar-refractivity contribution >= 4 is 11.6 Å². The number of nitrogens with two attached hydrogens (primary N) is 1. The summed E-state index contributed by atoms with van der Waals surface area (Å²) in [6.45, 7) is 5.52. The minimum atomic E-state index is -0.439. The fraction of sp³-hybridized carbons (Fsp3) is 0.316. The van der Waals surface area contributed by atoms with E-state index in [1.807, 2.05) is 18.2 Å². The number of carbonyl (C=O) groups excluding carboxylic acids is 1. The van der Waals surface area contributed by atoms with Crippen LogP contribution >= 0.6 is 0 Å². The highest BCUT2D eigenvalue weighted by Gasteiger charge is 2.10. The topological polar surface area (TPSA) is 64.3 Å². The Morgan fingerprint density at radius 1 is 1.13 bits per heavy atom. The molecule has 0 fully saturated rings. The lowest BCUT2D eigenvalue weighted by Crippen LogP contribution is -2.16. The van der Waals surface area contributed by atoms with Gasteiger partial charge in [-0.3, -0.25) is 4.79 Å². The Labute approximate surface area is 137 Å². The predicted octanol–water partition coefficient (Wildman–Crippen LogP) is 3.63. The van der Waals surface area contributed by atoms with Crippen LogP contribution in [0.2, 0.25) is 0 Å². The third kappa shape index (κ3) is 4.33. The lowest BCUT2D eigenvalue weighted by molar-refractivity contribution is 0.100. The Morgan fingerprint density at radius 3 is 2.35 bits per heavy atom. The lowest BCUT2D eigenvalue weighted by atomic mass is 9.97. The molecule has 0 bridgehead atoms. The Hall–Kier alpha value is -2.33. The van der Waals surface area contributed by atoms with E-state index in [4.69, 9.17) is 10.5 Å². The predicted molar refractivity (Wildman–Crippen MR) is 94.9 cm³/mol. The molecule has 2 rings (SSSR count). The van der Waals surface area contributed by atoms with Gasteiger partial charge in [-0.1, -0.05) is 44.2 Å². The van der Waals surface area contributed by atoms with Gasteiger partial charge in [0.05, 0.1) is 12.2 Å². The molecule has 0 atom stereocenters. The van der Waals surface area contributed by atoms with Gasteiger partial charge >= 0.3 is 0 Å². The molecule has 0 aliphatic carbocycles. The van der Waals surface area contributed by atoms with E-state index in [1.54, 1.807) is 7.11 Å². The second kappa shape index (κ2) is 7.79. The zero-order valence-electron chi connectivity index (χ0n) is 13.9. The summed E-state index contributed by atoms with van der Waals surface area (Å²) < 4.78 is 5.01. The quantitative estimate of drug-likeness (QED) is 0.767. The fourth-order valence-corrected chi connectivity index (χ4v) is 2.43. The molecule has 4 heteroatoms. The van der Waals surface area contributed by atoms with E-state index < -0.39 is 5.91 Å². The minimum Gasteiger partial charge on any atom is -0.383 e. The van der Waals surface area contributed by atoms with Gasteiger partial charge in [-0.2, -0.15) is 0 Å². The van der Waals surface area contributed by atoms with Gasteiger partial charge in [-0.05, 0) is 34.7 Å². The van der Waals surface area contributed by atoms with Crippen molar-refractivity contribution in [3.8, 4) is 11.1 Å². The first-order valence-electron chi connectivity index (χ1n) is 7.80. The zero-order valence-corrected chi connectivity index (χ0v) is 13.9. The van der Waals surface area contributed by atoms with Crippen LogP contribution in [0.1, 0.15) is 35.7 Å². The molecule has 0 heterocycles. The van der Waals surface area contributed by atoms with Crippen molar-refractivity contribution in [1.82, 2.24) is 0 Å². The van der Waals surface area contributed by atoms with Crippen molar-refractivity contribution < 1.29 is 9.53 Å². The number of anilines is 1. The highest BCUT2D eigenvalue weighted by atomic mass is 16.5. The number of ether oxygens (including phenoxy) is 1. The first-order valence-corrected chi connectivity index (χ1v) is 7.80. The third-order valence-corrected chi connectivity index (χ3v) is 3.82. The van der Waals surface area contributed by atoms with Gasteiger partial charge in [0.15, 0.2) is 0 Å². The monoisotopic (exact) mass is 312 g/mol. The number of benzene rings is 2. The van der Waals surface area contributed by atoms with Crippen molar-refractivity contribution in [2.75, 3.05) is 25.6 Å². The summed E-state index contributed by atoms with van der Waals surface area (Å²) >= 11 is 0. The van der Waals surface area contributed by atoms with Crippen LogP contribution in [-0.2, 0) is 4.74 Å². The highest BCUT2D eigenvalue weighted by molar-refractivity contribution is 5.99. The highest BCUT2D eigenvalue weighted by Crippen LogP contribution is 2.26. The molecule has 3 N–H and O–H groups in total. The molecule has 1 amide bonds. The average molecular weight is 312 g/mol. The van der Waals surface area contributed by atoms with Gasteiger partial charge in [0, 0.05) is 19.3 Å². The van der Waals surface area contributed by atoms with Crippen LogP contribution in [0.5, 0.6) is 0 Å². The Morgan fingerprint density at radius 2 is 1.78 bits per heavy atom. The number of rotatable bonds is 7. The SMILES string of the molecule is COCCNc1ccc(-c2ccc(C(C)C)cc2)cc1C(N)=O. The Kier molecular flexibility index (Phi) is 5.77. The molecule has 0 aliphatic heterocycles. The standard InChI is InChI=1S/C19H24N2O2/c1-13(2)14-4-6-15(7-5-14)16-8-9-18(21-10-11-23-3)17(12-16)19(20)22/h4-9,12-13,21H,10-11H2,1-3H3,(H2,20,22). The summed E-state index contributed by atoms with van der Waals surface area (Å²) in [5, 5.41) is 3.17. The zero-order chi connectivity index (χ0) is 16.8. The van der Waals surface area contributed by atoms with Crippen LogP contribution in [0.4, 0.5) is 5.69 Å². The lowest BCUT2D eigenvalue weighted by Gasteiger charge is -2.12. The first-order chi connectivity index (χ1) is 11.0. The number of primary amides is 1. The normalized spacial score (nSPS) is 10.8. The van der Waals surface area contributed by atoms with E-state index in [1.165, 1.54) is 5.56 Å². The Bertz CT molecular complexity index is 664. The van der Waals surface area contributed by atoms with Crippen LogP contribution in [0.3, 0.4) is 0 Å². The maximum Gasteiger partial charge on any atom is 0.250 e. The van der Waals surface area contributed by atoms with Gasteiger partial charge < -0.3 is 15.8 Å². The second-order valence-corrected chi connectivity index (χ2v) is 5.82. The fourth-order valence-electron chi connectivity index (χ4n) is 2.43. The number of carbonyl (C=O) groups is 1. The molecule has 0 saturated heterocycles.